The Balaban J connectivity index is 1.46. The second-order valence-corrected chi connectivity index (χ2v) is 13.4. The van der Waals surface area contributed by atoms with Gasteiger partial charge in [0.05, 0.1) is 29.1 Å². The summed E-state index contributed by atoms with van der Waals surface area (Å²) in [5.41, 5.74) is 7.64. The van der Waals surface area contributed by atoms with Crippen LogP contribution in [0.15, 0.2) is 66.7 Å². The van der Waals surface area contributed by atoms with E-state index in [0.717, 1.165) is 11.1 Å². The van der Waals surface area contributed by atoms with Crippen LogP contribution in [0.4, 0.5) is 5.69 Å². The number of hydrogen-bond acceptors (Lipinski definition) is 6. The van der Waals surface area contributed by atoms with E-state index in [1.54, 1.807) is 13.8 Å². The second-order valence-electron chi connectivity index (χ2n) is 10.7. The fourth-order valence-electron chi connectivity index (χ4n) is 5.03. The molecule has 1 saturated heterocycles. The number of likely N-dealkylation sites (tertiary alicyclic amines) is 1. The lowest BCUT2D eigenvalue weighted by Crippen LogP contribution is -2.51. The molecule has 4 N–H and O–H groups in total. The van der Waals surface area contributed by atoms with E-state index in [1.165, 1.54) is 18.2 Å². The largest absolute Gasteiger partial charge is 0.368 e. The number of anilines is 1. The smallest absolute Gasteiger partial charge is 0.252 e. The molecule has 0 bridgehead atoms. The summed E-state index contributed by atoms with van der Waals surface area (Å²) in [4.78, 5) is 26.7. The number of hydrogen-bond donors (Lipinski definition) is 3. The van der Waals surface area contributed by atoms with Crippen LogP contribution in [0.2, 0.25) is 10.0 Å². The number of carbonyl (C=O) groups excluding carboxylic acids is 2. The van der Waals surface area contributed by atoms with Crippen molar-refractivity contribution >= 4 is 50.7 Å². The van der Waals surface area contributed by atoms with E-state index < -0.39 is 27.9 Å². The molecule has 220 valence electrons. The molecule has 1 aliphatic rings. The molecule has 42 heavy (non-hydrogen) atoms. The summed E-state index contributed by atoms with van der Waals surface area (Å²) in [6.07, 6.45) is 0. The zero-order valence-electron chi connectivity index (χ0n) is 23.1. The molecule has 9 nitrogen and oxygen atoms in total. The van der Waals surface area contributed by atoms with Crippen molar-refractivity contribution in [3.8, 4) is 6.07 Å². The van der Waals surface area contributed by atoms with Crippen LogP contribution in [0, 0.1) is 23.2 Å². The molecule has 0 unspecified atom stereocenters. The van der Waals surface area contributed by atoms with Crippen molar-refractivity contribution in [2.24, 2.45) is 17.6 Å². The Morgan fingerprint density at radius 3 is 2.02 bits per heavy atom. The predicted octanol–water partition coefficient (Wildman–Crippen LogP) is 4.57. The molecule has 12 heteroatoms. The molecule has 1 aliphatic heterocycles. The molecule has 3 aromatic carbocycles. The lowest BCUT2D eigenvalue weighted by atomic mass is 9.91. The van der Waals surface area contributed by atoms with E-state index in [9.17, 15) is 23.3 Å². The highest BCUT2D eigenvalue weighted by Crippen LogP contribution is 2.36. The molecular formula is C30H31Cl2N5O4S. The van der Waals surface area contributed by atoms with Crippen LogP contribution >= 0.6 is 23.2 Å². The normalized spacial score (nSPS) is 14.7. The molecular weight excluding hydrogens is 597 g/mol. The Morgan fingerprint density at radius 1 is 1.00 bits per heavy atom. The summed E-state index contributed by atoms with van der Waals surface area (Å²) in [5, 5.41) is 13.3. The Bertz CT molecular complexity index is 1550. The quantitative estimate of drug-likeness (QED) is 0.284. The highest BCUT2D eigenvalue weighted by Gasteiger charge is 2.36. The van der Waals surface area contributed by atoms with Crippen molar-refractivity contribution in [1.82, 2.24) is 10.2 Å². The van der Waals surface area contributed by atoms with Crippen LogP contribution < -0.4 is 15.8 Å². The van der Waals surface area contributed by atoms with Gasteiger partial charge in [-0.1, -0.05) is 61.3 Å². The van der Waals surface area contributed by atoms with Gasteiger partial charge in [0.1, 0.15) is 6.04 Å². The molecule has 0 saturated carbocycles. The summed E-state index contributed by atoms with van der Waals surface area (Å²) in [5.74, 6) is -1.89. The van der Waals surface area contributed by atoms with Gasteiger partial charge >= 0.3 is 0 Å². The number of primary amides is 1. The molecule has 1 heterocycles. The fourth-order valence-corrected chi connectivity index (χ4v) is 6.68. The Morgan fingerprint density at radius 2 is 1.55 bits per heavy atom. The van der Waals surface area contributed by atoms with Crippen molar-refractivity contribution < 1.29 is 18.0 Å². The maximum Gasteiger partial charge on any atom is 0.252 e. The average Bonchev–Trinajstić information content (AvgIpc) is 2.91. The lowest BCUT2D eigenvalue weighted by Gasteiger charge is -2.44. The summed E-state index contributed by atoms with van der Waals surface area (Å²) in [7, 11) is -3.83. The minimum Gasteiger partial charge on any atom is -0.368 e. The predicted molar refractivity (Wildman–Crippen MR) is 164 cm³/mol. The number of nitrogens with zero attached hydrogens (tertiary/aromatic N) is 2. The molecule has 1 fully saturated rings. The van der Waals surface area contributed by atoms with Crippen LogP contribution in [0.1, 0.15) is 46.9 Å². The van der Waals surface area contributed by atoms with E-state index >= 15 is 0 Å². The molecule has 0 aromatic heterocycles. The Hall–Kier alpha value is -3.62. The molecule has 3 aromatic rings. The first-order valence-electron chi connectivity index (χ1n) is 13.3. The zero-order chi connectivity index (χ0) is 30.6. The van der Waals surface area contributed by atoms with Crippen molar-refractivity contribution in [2.45, 2.75) is 25.9 Å². The molecule has 1 atom stereocenters. The maximum atomic E-state index is 13.1. The molecule has 0 spiro atoms. The van der Waals surface area contributed by atoms with Gasteiger partial charge in [-0.2, -0.15) is 5.26 Å². The van der Waals surface area contributed by atoms with Gasteiger partial charge in [-0.3, -0.25) is 19.2 Å². The maximum absolute atomic E-state index is 13.1. The summed E-state index contributed by atoms with van der Waals surface area (Å²) >= 11 is 12.2. The van der Waals surface area contributed by atoms with E-state index in [0.29, 0.717) is 23.1 Å². The highest BCUT2D eigenvalue weighted by molar-refractivity contribution is 7.92. The first kappa shape index (κ1) is 31.3. The number of carbonyl (C=O) groups is 2. The van der Waals surface area contributed by atoms with Crippen LogP contribution in [0.5, 0.6) is 0 Å². The van der Waals surface area contributed by atoms with Crippen LogP contribution in [-0.4, -0.2) is 50.0 Å². The van der Waals surface area contributed by atoms with Gasteiger partial charge < -0.3 is 11.1 Å². The molecule has 0 radical (unpaired) electrons. The minimum absolute atomic E-state index is 0.0299. The van der Waals surface area contributed by atoms with E-state index in [-0.39, 0.29) is 40.4 Å². The Labute approximate surface area is 255 Å². The molecule has 0 aliphatic carbocycles. The SMILES string of the molecule is CC(C)[C@H](NC(=O)c1cc(C#N)cc(NS(=O)(=O)CC2CN(C(c3ccc(Cl)cc3)c3ccc(Cl)cc3)C2)c1)C(N)=O. The lowest BCUT2D eigenvalue weighted by molar-refractivity contribution is -0.120. The average molecular weight is 629 g/mol. The van der Waals surface area contributed by atoms with Gasteiger partial charge in [-0.25, -0.2) is 8.42 Å². The van der Waals surface area contributed by atoms with Gasteiger partial charge in [0.2, 0.25) is 15.9 Å². The van der Waals surface area contributed by atoms with Gasteiger partial charge in [-0.15, -0.1) is 0 Å². The number of rotatable bonds is 11. The van der Waals surface area contributed by atoms with Crippen LogP contribution in [0.25, 0.3) is 0 Å². The fraction of sp³-hybridized carbons (Fsp3) is 0.300. The summed E-state index contributed by atoms with van der Waals surface area (Å²) < 4.78 is 28.8. The van der Waals surface area contributed by atoms with Gasteiger partial charge in [-0.05, 0) is 59.5 Å². The van der Waals surface area contributed by atoms with Gasteiger partial charge in [0, 0.05) is 34.6 Å². The number of sulfonamides is 1. The van der Waals surface area contributed by atoms with Crippen molar-refractivity contribution in [2.75, 3.05) is 23.6 Å². The third-order valence-electron chi connectivity index (χ3n) is 7.03. The van der Waals surface area contributed by atoms with Gasteiger partial charge in [0.15, 0.2) is 0 Å². The number of benzene rings is 3. The Kier molecular flexibility index (Phi) is 9.79. The monoisotopic (exact) mass is 627 g/mol. The topological polar surface area (TPSA) is 145 Å². The zero-order valence-corrected chi connectivity index (χ0v) is 25.4. The van der Waals surface area contributed by atoms with E-state index in [2.05, 4.69) is 14.9 Å². The third-order valence-corrected chi connectivity index (χ3v) is 9.00. The minimum atomic E-state index is -3.83. The number of nitrogens with one attached hydrogen (secondary N) is 2. The second kappa shape index (κ2) is 13.1. The van der Waals surface area contributed by atoms with Crippen molar-refractivity contribution in [3.63, 3.8) is 0 Å². The summed E-state index contributed by atoms with van der Waals surface area (Å²) in [6, 6.07) is 20.0. The van der Waals surface area contributed by atoms with Gasteiger partial charge in [0.25, 0.3) is 5.91 Å². The number of halogens is 2. The number of nitriles is 1. The first-order chi connectivity index (χ1) is 19.8. The van der Waals surface area contributed by atoms with Crippen molar-refractivity contribution in [1.29, 1.82) is 5.26 Å². The standard InChI is InChI=1S/C30H31Cl2N5O4S/c1-18(2)27(29(34)38)35-30(39)23-11-19(14-33)12-26(13-23)36-42(40,41)17-20-15-37(16-20)28(21-3-7-24(31)8-4-21)22-5-9-25(32)10-6-22/h3-13,18,20,27-28,36H,15-17H2,1-2H3,(H2,34,38)(H,35,39)/t27-/m0/s1. The highest BCUT2D eigenvalue weighted by atomic mass is 35.5. The van der Waals surface area contributed by atoms with E-state index in [1.807, 2.05) is 54.6 Å². The van der Waals surface area contributed by atoms with E-state index in [4.69, 9.17) is 28.9 Å². The molecule has 4 rings (SSSR count). The number of nitrogens with two attached hydrogens (primary N) is 1. The van der Waals surface area contributed by atoms with Crippen LogP contribution in [0.3, 0.4) is 0 Å². The third kappa shape index (κ3) is 7.81. The van der Waals surface area contributed by atoms with Crippen LogP contribution in [-0.2, 0) is 14.8 Å². The summed E-state index contributed by atoms with van der Waals surface area (Å²) in [6.45, 7) is 4.53. The molecule has 2 amide bonds. The number of amides is 2. The van der Waals surface area contributed by atoms with Crippen molar-refractivity contribution in [3.05, 3.63) is 99.0 Å². The first-order valence-corrected chi connectivity index (χ1v) is 15.7.